The first-order valence-electron chi connectivity index (χ1n) is 5.81. The summed E-state index contributed by atoms with van der Waals surface area (Å²) >= 11 is 3.33. The summed E-state index contributed by atoms with van der Waals surface area (Å²) < 4.78 is 19.9. The van der Waals surface area contributed by atoms with Crippen LogP contribution in [0, 0.1) is 5.82 Å². The van der Waals surface area contributed by atoms with Crippen molar-refractivity contribution in [1.82, 2.24) is 10.3 Å². The lowest BCUT2D eigenvalue weighted by atomic mass is 10.1. The summed E-state index contributed by atoms with van der Waals surface area (Å²) in [4.78, 5) is 4.12. The van der Waals surface area contributed by atoms with E-state index in [2.05, 4.69) is 33.2 Å². The zero-order valence-corrected chi connectivity index (χ0v) is 11.6. The summed E-state index contributed by atoms with van der Waals surface area (Å²) in [6.45, 7) is 3.56. The van der Waals surface area contributed by atoms with E-state index in [-0.39, 0.29) is 5.82 Å². The van der Waals surface area contributed by atoms with Crippen LogP contribution in [0.4, 0.5) is 4.39 Å². The van der Waals surface area contributed by atoms with Crippen LogP contribution in [-0.4, -0.2) is 11.5 Å². The normalized spacial score (nSPS) is 10.8. The van der Waals surface area contributed by atoms with Gasteiger partial charge in [0.15, 0.2) is 12.2 Å². The molecule has 0 amide bonds. The number of rotatable bonds is 5. The molecule has 0 aliphatic carbocycles. The summed E-state index contributed by atoms with van der Waals surface area (Å²) in [5, 5.41) is 3.23. The third-order valence-electron chi connectivity index (χ3n) is 2.53. The smallest absolute Gasteiger partial charge is 0.181 e. The molecule has 0 aliphatic rings. The molecule has 0 bridgehead atoms. The Hall–Kier alpha value is -1.20. The highest BCUT2D eigenvalue weighted by atomic mass is 79.9. The Morgan fingerprint density at radius 3 is 3.06 bits per heavy atom. The van der Waals surface area contributed by atoms with Crippen molar-refractivity contribution in [3.8, 4) is 11.3 Å². The Morgan fingerprint density at radius 2 is 2.28 bits per heavy atom. The van der Waals surface area contributed by atoms with Gasteiger partial charge in [-0.2, -0.15) is 0 Å². The first kappa shape index (κ1) is 13.2. The van der Waals surface area contributed by atoms with Crippen LogP contribution in [0.3, 0.4) is 0 Å². The van der Waals surface area contributed by atoms with Crippen molar-refractivity contribution >= 4 is 15.9 Å². The molecule has 0 radical (unpaired) electrons. The molecule has 1 heterocycles. The van der Waals surface area contributed by atoms with Gasteiger partial charge in [0.2, 0.25) is 0 Å². The van der Waals surface area contributed by atoms with Crippen LogP contribution in [0.1, 0.15) is 19.0 Å². The summed E-state index contributed by atoms with van der Waals surface area (Å²) in [5.74, 6) is 0.170. The maximum atomic E-state index is 13.8. The van der Waals surface area contributed by atoms with Gasteiger partial charge in [-0.25, -0.2) is 9.37 Å². The van der Waals surface area contributed by atoms with E-state index in [1.54, 1.807) is 12.1 Å². The van der Waals surface area contributed by atoms with Gasteiger partial charge in [0.05, 0.1) is 5.56 Å². The van der Waals surface area contributed by atoms with Crippen molar-refractivity contribution < 1.29 is 8.81 Å². The van der Waals surface area contributed by atoms with Crippen LogP contribution in [0.15, 0.2) is 33.5 Å². The number of aromatic nitrogens is 1. The predicted octanol–water partition coefficient (Wildman–Crippen LogP) is 3.74. The fraction of sp³-hybridized carbons (Fsp3) is 0.308. The molecule has 0 aliphatic heterocycles. The van der Waals surface area contributed by atoms with Gasteiger partial charge >= 0.3 is 0 Å². The van der Waals surface area contributed by atoms with Crippen LogP contribution < -0.4 is 5.32 Å². The second-order valence-corrected chi connectivity index (χ2v) is 4.84. The minimum atomic E-state index is -0.313. The van der Waals surface area contributed by atoms with E-state index >= 15 is 0 Å². The molecule has 3 nitrogen and oxygen atoms in total. The quantitative estimate of drug-likeness (QED) is 0.855. The molecular formula is C13H14BrFN2O. The maximum absolute atomic E-state index is 13.8. The predicted molar refractivity (Wildman–Crippen MR) is 71.6 cm³/mol. The van der Waals surface area contributed by atoms with Crippen LogP contribution >= 0.6 is 15.9 Å². The molecule has 0 atom stereocenters. The maximum Gasteiger partial charge on any atom is 0.181 e. The number of hydrogen-bond donors (Lipinski definition) is 1. The van der Waals surface area contributed by atoms with Crippen molar-refractivity contribution in [1.29, 1.82) is 0 Å². The Bertz CT molecular complexity index is 527. The first-order valence-corrected chi connectivity index (χ1v) is 6.60. The molecule has 1 N–H and O–H groups in total. The van der Waals surface area contributed by atoms with E-state index in [0.29, 0.717) is 17.9 Å². The fourth-order valence-corrected chi connectivity index (χ4v) is 2.03. The molecule has 1 aromatic heterocycles. The average Bonchev–Trinajstić information content (AvgIpc) is 2.81. The summed E-state index contributed by atoms with van der Waals surface area (Å²) in [6.07, 6.45) is 2.39. The monoisotopic (exact) mass is 312 g/mol. The lowest BCUT2D eigenvalue weighted by Crippen LogP contribution is -2.14. The molecule has 96 valence electrons. The zero-order valence-electron chi connectivity index (χ0n) is 10.0. The van der Waals surface area contributed by atoms with Crippen molar-refractivity contribution in [3.63, 3.8) is 0 Å². The van der Waals surface area contributed by atoms with Crippen LogP contribution in [-0.2, 0) is 6.54 Å². The van der Waals surface area contributed by atoms with Crippen molar-refractivity contribution in [3.05, 3.63) is 40.6 Å². The summed E-state index contributed by atoms with van der Waals surface area (Å²) in [5.41, 5.74) is 1.15. The second kappa shape index (κ2) is 6.11. The number of oxazole rings is 1. The van der Waals surface area contributed by atoms with Crippen LogP contribution in [0.5, 0.6) is 0 Å². The van der Waals surface area contributed by atoms with Gasteiger partial charge in [0.1, 0.15) is 11.5 Å². The minimum absolute atomic E-state index is 0.313. The molecule has 0 spiro atoms. The van der Waals surface area contributed by atoms with E-state index in [1.165, 1.54) is 12.5 Å². The lowest BCUT2D eigenvalue weighted by Gasteiger charge is -2.04. The molecule has 5 heteroatoms. The number of nitrogens with zero attached hydrogens (tertiary/aromatic N) is 1. The minimum Gasteiger partial charge on any atom is -0.443 e. The van der Waals surface area contributed by atoms with Gasteiger partial charge in [0.25, 0.3) is 0 Å². The van der Waals surface area contributed by atoms with Crippen molar-refractivity contribution in [2.45, 2.75) is 19.9 Å². The molecule has 1 aromatic carbocycles. The van der Waals surface area contributed by atoms with Gasteiger partial charge in [-0.1, -0.05) is 22.9 Å². The van der Waals surface area contributed by atoms with Crippen LogP contribution in [0.2, 0.25) is 0 Å². The molecule has 2 rings (SSSR count). The van der Waals surface area contributed by atoms with Crippen molar-refractivity contribution in [2.75, 3.05) is 6.54 Å². The van der Waals surface area contributed by atoms with Crippen LogP contribution in [0.25, 0.3) is 11.3 Å². The van der Waals surface area contributed by atoms with E-state index in [0.717, 1.165) is 23.1 Å². The van der Waals surface area contributed by atoms with E-state index in [4.69, 9.17) is 4.42 Å². The molecule has 0 saturated heterocycles. The molecule has 0 saturated carbocycles. The molecule has 18 heavy (non-hydrogen) atoms. The average molecular weight is 313 g/mol. The Morgan fingerprint density at radius 1 is 1.44 bits per heavy atom. The van der Waals surface area contributed by atoms with Gasteiger partial charge in [-0.3, -0.25) is 0 Å². The van der Waals surface area contributed by atoms with Crippen molar-refractivity contribution in [2.24, 2.45) is 0 Å². The summed E-state index contributed by atoms with van der Waals surface area (Å²) in [7, 11) is 0. The van der Waals surface area contributed by atoms with Gasteiger partial charge in [-0.15, -0.1) is 0 Å². The van der Waals surface area contributed by atoms with E-state index in [9.17, 15) is 4.39 Å². The Balaban J connectivity index is 2.27. The number of benzene rings is 1. The first-order chi connectivity index (χ1) is 8.72. The summed E-state index contributed by atoms with van der Waals surface area (Å²) in [6, 6.07) is 4.76. The molecule has 0 fully saturated rings. The highest BCUT2D eigenvalue weighted by molar-refractivity contribution is 9.10. The van der Waals surface area contributed by atoms with Gasteiger partial charge in [-0.05, 0) is 31.2 Å². The zero-order chi connectivity index (χ0) is 13.0. The highest BCUT2D eigenvalue weighted by Crippen LogP contribution is 2.28. The van der Waals surface area contributed by atoms with Gasteiger partial charge < -0.3 is 9.73 Å². The Kier molecular flexibility index (Phi) is 4.49. The second-order valence-electron chi connectivity index (χ2n) is 3.93. The molecule has 2 aromatic rings. The standard InChI is InChI=1S/C13H14BrFN2O/c1-2-5-16-7-12-13(18-8-17-12)10-6-9(14)3-4-11(10)15/h3-4,6,8,16H,2,5,7H2,1H3. The third kappa shape index (κ3) is 2.97. The lowest BCUT2D eigenvalue weighted by molar-refractivity contribution is 0.558. The van der Waals surface area contributed by atoms with E-state index in [1.807, 2.05) is 0 Å². The van der Waals surface area contributed by atoms with E-state index < -0.39 is 0 Å². The highest BCUT2D eigenvalue weighted by Gasteiger charge is 2.14. The SMILES string of the molecule is CCCNCc1ncoc1-c1cc(Br)ccc1F. The number of nitrogens with one attached hydrogen (secondary N) is 1. The van der Waals surface area contributed by atoms with Gasteiger partial charge in [0, 0.05) is 11.0 Å². The number of hydrogen-bond acceptors (Lipinski definition) is 3. The molecular weight excluding hydrogens is 299 g/mol. The molecule has 0 unspecified atom stereocenters. The third-order valence-corrected chi connectivity index (χ3v) is 3.03. The topological polar surface area (TPSA) is 38.1 Å². The fourth-order valence-electron chi connectivity index (χ4n) is 1.67. The largest absolute Gasteiger partial charge is 0.443 e. The number of halogens is 2. The Labute approximate surface area is 114 Å².